The second kappa shape index (κ2) is 6.82. The highest BCUT2D eigenvalue weighted by Crippen LogP contribution is 2.50. The number of benzene rings is 1. The van der Waals surface area contributed by atoms with Crippen molar-refractivity contribution in [2.75, 3.05) is 20.0 Å². The highest BCUT2D eigenvalue weighted by atomic mass is 32.2. The van der Waals surface area contributed by atoms with Gasteiger partial charge in [0, 0.05) is 11.8 Å². The Bertz CT molecular complexity index is 621. The summed E-state index contributed by atoms with van der Waals surface area (Å²) in [4.78, 5) is 12.5. The van der Waals surface area contributed by atoms with Crippen LogP contribution in [0.15, 0.2) is 18.2 Å². The minimum atomic E-state index is -0.867. The van der Waals surface area contributed by atoms with Crippen LogP contribution in [0.2, 0.25) is 0 Å². The molecule has 0 radical (unpaired) electrons. The van der Waals surface area contributed by atoms with Gasteiger partial charge in [-0.05, 0) is 31.4 Å². The molecule has 0 amide bonds. The van der Waals surface area contributed by atoms with Crippen LogP contribution in [0, 0.1) is 0 Å². The summed E-state index contributed by atoms with van der Waals surface area (Å²) in [6, 6.07) is 4.84. The molecule has 1 unspecified atom stereocenters. The molecule has 0 aromatic heterocycles. The third kappa shape index (κ3) is 2.85. The standard InChI is InChI=1S/C17H22O6S/c1-21-10-5-6-11(12(8-10)22-2)16(20)23-13-9-24-17(15(13)19)7-3-4-14(17)18/h5-6,8,13-15,18-19H,3-4,7,9H2,1-2H3/t13-,14+,15-,17?/m0/s1. The van der Waals surface area contributed by atoms with Crippen molar-refractivity contribution in [2.24, 2.45) is 0 Å². The van der Waals surface area contributed by atoms with Crippen LogP contribution < -0.4 is 9.47 Å². The quantitative estimate of drug-likeness (QED) is 0.795. The van der Waals surface area contributed by atoms with Crippen molar-refractivity contribution in [2.45, 2.75) is 42.3 Å². The number of hydrogen-bond donors (Lipinski definition) is 2. The van der Waals surface area contributed by atoms with E-state index in [0.717, 1.165) is 12.8 Å². The lowest BCUT2D eigenvalue weighted by molar-refractivity contribution is -0.0319. The molecule has 2 aliphatic rings. The molecule has 132 valence electrons. The Morgan fingerprint density at radius 1 is 1.29 bits per heavy atom. The first-order chi connectivity index (χ1) is 11.5. The molecule has 3 rings (SSSR count). The summed E-state index contributed by atoms with van der Waals surface area (Å²) in [6.45, 7) is 0. The molecule has 1 heterocycles. The molecule has 24 heavy (non-hydrogen) atoms. The van der Waals surface area contributed by atoms with E-state index in [-0.39, 0.29) is 5.56 Å². The van der Waals surface area contributed by atoms with Gasteiger partial charge < -0.3 is 24.4 Å². The molecule has 0 bridgehead atoms. The van der Waals surface area contributed by atoms with E-state index in [1.54, 1.807) is 18.2 Å². The smallest absolute Gasteiger partial charge is 0.342 e. The van der Waals surface area contributed by atoms with Crippen molar-refractivity contribution in [3.8, 4) is 11.5 Å². The van der Waals surface area contributed by atoms with Gasteiger partial charge in [-0.25, -0.2) is 4.79 Å². The van der Waals surface area contributed by atoms with Crippen LogP contribution >= 0.6 is 11.8 Å². The van der Waals surface area contributed by atoms with Crippen molar-refractivity contribution in [3.05, 3.63) is 23.8 Å². The van der Waals surface area contributed by atoms with Crippen LogP contribution in [0.5, 0.6) is 11.5 Å². The van der Waals surface area contributed by atoms with Crippen molar-refractivity contribution >= 4 is 17.7 Å². The summed E-state index contributed by atoms with van der Waals surface area (Å²) in [5.41, 5.74) is 0.281. The Labute approximate surface area is 145 Å². The van der Waals surface area contributed by atoms with Crippen LogP contribution in [0.25, 0.3) is 0 Å². The normalized spacial score (nSPS) is 32.1. The maximum absolute atomic E-state index is 12.5. The Morgan fingerprint density at radius 3 is 2.71 bits per heavy atom. The summed E-state index contributed by atoms with van der Waals surface area (Å²) in [5.74, 6) is 0.856. The van der Waals surface area contributed by atoms with Crippen LogP contribution in [-0.4, -0.2) is 59.2 Å². The minimum Gasteiger partial charge on any atom is -0.497 e. The molecule has 1 aliphatic heterocycles. The number of rotatable bonds is 4. The summed E-state index contributed by atoms with van der Waals surface area (Å²) in [5, 5.41) is 20.8. The van der Waals surface area contributed by atoms with Gasteiger partial charge >= 0.3 is 5.97 Å². The zero-order chi connectivity index (χ0) is 17.3. The van der Waals surface area contributed by atoms with Crippen LogP contribution in [0.3, 0.4) is 0 Å². The van der Waals surface area contributed by atoms with Crippen molar-refractivity contribution < 1.29 is 29.2 Å². The number of hydrogen-bond acceptors (Lipinski definition) is 7. The van der Waals surface area contributed by atoms with Gasteiger partial charge in [0.15, 0.2) is 0 Å². The lowest BCUT2D eigenvalue weighted by Gasteiger charge is -2.31. The molecule has 1 saturated carbocycles. The predicted octanol–water partition coefficient (Wildman–Crippen LogP) is 1.62. The van der Waals surface area contributed by atoms with Crippen LogP contribution in [0.4, 0.5) is 0 Å². The number of thioether (sulfide) groups is 1. The van der Waals surface area contributed by atoms with E-state index < -0.39 is 29.0 Å². The Balaban J connectivity index is 1.74. The maximum atomic E-state index is 12.5. The molecule has 4 atom stereocenters. The lowest BCUT2D eigenvalue weighted by atomic mass is 9.94. The number of methoxy groups -OCH3 is 2. The Morgan fingerprint density at radius 2 is 2.08 bits per heavy atom. The summed E-state index contributed by atoms with van der Waals surface area (Å²) in [7, 11) is 3.00. The zero-order valence-corrected chi connectivity index (χ0v) is 14.5. The van der Waals surface area contributed by atoms with Gasteiger partial charge in [0.05, 0.1) is 25.1 Å². The van der Waals surface area contributed by atoms with Crippen molar-refractivity contribution in [1.82, 2.24) is 0 Å². The van der Waals surface area contributed by atoms with E-state index in [2.05, 4.69) is 0 Å². The average molecular weight is 354 g/mol. The van der Waals surface area contributed by atoms with E-state index in [1.165, 1.54) is 26.0 Å². The van der Waals surface area contributed by atoms with Crippen molar-refractivity contribution in [1.29, 1.82) is 0 Å². The zero-order valence-electron chi connectivity index (χ0n) is 13.7. The fourth-order valence-electron chi connectivity index (χ4n) is 3.49. The number of carbonyl (C=O) groups is 1. The number of aliphatic hydroxyl groups excluding tert-OH is 2. The third-order valence-electron chi connectivity index (χ3n) is 4.87. The predicted molar refractivity (Wildman–Crippen MR) is 89.8 cm³/mol. The fraction of sp³-hybridized carbons (Fsp3) is 0.588. The van der Waals surface area contributed by atoms with Crippen molar-refractivity contribution in [3.63, 3.8) is 0 Å². The SMILES string of the molecule is COc1ccc(C(=O)O[C@H]2CSC3(CCC[C@H]3O)[C@H]2O)c(OC)c1. The molecule has 1 aromatic rings. The summed E-state index contributed by atoms with van der Waals surface area (Å²) < 4.78 is 15.3. The van der Waals surface area contributed by atoms with Crippen LogP contribution in [-0.2, 0) is 4.74 Å². The second-order valence-corrected chi connectivity index (χ2v) is 7.51. The van der Waals surface area contributed by atoms with Gasteiger partial charge in [-0.1, -0.05) is 0 Å². The van der Waals surface area contributed by atoms with E-state index in [1.807, 2.05) is 0 Å². The third-order valence-corrected chi connectivity index (χ3v) is 6.62. The highest BCUT2D eigenvalue weighted by Gasteiger charge is 2.56. The fourth-order valence-corrected chi connectivity index (χ4v) is 5.14. The minimum absolute atomic E-state index is 0.281. The van der Waals surface area contributed by atoms with E-state index in [0.29, 0.717) is 23.7 Å². The van der Waals surface area contributed by atoms with Gasteiger partial charge in [0.25, 0.3) is 0 Å². The summed E-state index contributed by atoms with van der Waals surface area (Å²) in [6.07, 6.45) is 0.224. The summed E-state index contributed by atoms with van der Waals surface area (Å²) >= 11 is 1.50. The molecule has 1 spiro atoms. The number of aliphatic hydroxyl groups is 2. The average Bonchev–Trinajstić information content (AvgIpc) is 3.12. The van der Waals surface area contributed by atoms with Gasteiger partial charge in [-0.3, -0.25) is 0 Å². The van der Waals surface area contributed by atoms with Gasteiger partial charge in [-0.2, -0.15) is 0 Å². The number of ether oxygens (including phenoxy) is 3. The van der Waals surface area contributed by atoms with Crippen LogP contribution in [0.1, 0.15) is 29.6 Å². The van der Waals surface area contributed by atoms with Gasteiger partial charge in [0.1, 0.15) is 29.3 Å². The highest BCUT2D eigenvalue weighted by molar-refractivity contribution is 8.01. The Hall–Kier alpha value is -1.44. The molecule has 1 aromatic carbocycles. The van der Waals surface area contributed by atoms with E-state index >= 15 is 0 Å². The maximum Gasteiger partial charge on any atom is 0.342 e. The molecule has 1 aliphatic carbocycles. The van der Waals surface area contributed by atoms with Gasteiger partial charge in [-0.15, -0.1) is 11.8 Å². The monoisotopic (exact) mass is 354 g/mol. The topological polar surface area (TPSA) is 85.2 Å². The molecule has 2 N–H and O–H groups in total. The molecular formula is C17H22O6S. The van der Waals surface area contributed by atoms with E-state index in [4.69, 9.17) is 14.2 Å². The Kier molecular flexibility index (Phi) is 4.94. The second-order valence-electron chi connectivity index (χ2n) is 6.13. The molecule has 6 nitrogen and oxygen atoms in total. The first kappa shape index (κ1) is 17.4. The molecule has 2 fully saturated rings. The molecule has 1 saturated heterocycles. The molecular weight excluding hydrogens is 332 g/mol. The lowest BCUT2D eigenvalue weighted by Crippen LogP contribution is -2.47. The molecule has 7 heteroatoms. The first-order valence-electron chi connectivity index (χ1n) is 7.95. The van der Waals surface area contributed by atoms with Gasteiger partial charge in [0.2, 0.25) is 0 Å². The number of carbonyl (C=O) groups excluding carboxylic acids is 1. The number of esters is 1. The first-order valence-corrected chi connectivity index (χ1v) is 8.93. The van der Waals surface area contributed by atoms with E-state index in [9.17, 15) is 15.0 Å². The largest absolute Gasteiger partial charge is 0.497 e.